The molecule has 0 saturated carbocycles. The minimum absolute atomic E-state index is 0.00709. The van der Waals surface area contributed by atoms with Crippen LogP contribution in [0.3, 0.4) is 0 Å². The Kier molecular flexibility index (Phi) is 7.72. The number of nitrogens with zero attached hydrogens (tertiary/aromatic N) is 3. The Hall–Kier alpha value is -2.05. The summed E-state index contributed by atoms with van der Waals surface area (Å²) in [6, 6.07) is 7.32. The fraction of sp³-hybridized carbons (Fsp3) is 0.476. The van der Waals surface area contributed by atoms with E-state index < -0.39 is 12.1 Å². The molecule has 2 rings (SSSR count). The zero-order valence-corrected chi connectivity index (χ0v) is 19.1. The minimum Gasteiger partial charge on any atom is -0.449 e. The number of carbonyl (C=O) groups is 2. The fourth-order valence-corrected chi connectivity index (χ4v) is 3.77. The lowest BCUT2D eigenvalue weighted by Gasteiger charge is -2.32. The average Bonchev–Trinajstić information content (AvgIpc) is 2.89. The molecule has 0 N–H and O–H groups in total. The van der Waals surface area contributed by atoms with Crippen LogP contribution in [0.4, 0.5) is 0 Å². The van der Waals surface area contributed by atoms with E-state index in [4.69, 9.17) is 27.9 Å². The topological polar surface area (TPSA) is 64.4 Å². The van der Waals surface area contributed by atoms with Crippen LogP contribution in [0.25, 0.3) is 0 Å². The predicted octanol–water partition coefficient (Wildman–Crippen LogP) is 4.74. The largest absolute Gasteiger partial charge is 0.449 e. The highest BCUT2D eigenvalue weighted by Gasteiger charge is 2.30. The van der Waals surface area contributed by atoms with Crippen molar-refractivity contribution in [1.29, 1.82) is 0 Å². The minimum atomic E-state index is -0.935. The van der Waals surface area contributed by atoms with Gasteiger partial charge in [-0.2, -0.15) is 5.10 Å². The van der Waals surface area contributed by atoms with Crippen LogP contribution in [0.2, 0.25) is 10.2 Å². The van der Waals surface area contributed by atoms with Gasteiger partial charge in [-0.1, -0.05) is 41.4 Å². The number of hydrogen-bond acceptors (Lipinski definition) is 4. The first-order valence-electron chi connectivity index (χ1n) is 9.54. The van der Waals surface area contributed by atoms with E-state index in [0.717, 1.165) is 5.56 Å². The Labute approximate surface area is 181 Å². The lowest BCUT2D eigenvalue weighted by Crippen LogP contribution is -2.47. The third-order valence-electron chi connectivity index (χ3n) is 4.55. The number of benzene rings is 1. The Morgan fingerprint density at radius 3 is 2.24 bits per heavy atom. The van der Waals surface area contributed by atoms with Crippen molar-refractivity contribution >= 4 is 35.1 Å². The molecule has 1 unspecified atom stereocenters. The fourth-order valence-electron chi connectivity index (χ4n) is 3.26. The first-order valence-corrected chi connectivity index (χ1v) is 10.3. The van der Waals surface area contributed by atoms with E-state index in [2.05, 4.69) is 5.10 Å². The molecule has 0 aliphatic rings. The van der Waals surface area contributed by atoms with Crippen LogP contribution < -0.4 is 0 Å². The van der Waals surface area contributed by atoms with E-state index in [0.29, 0.717) is 17.3 Å². The second-order valence-corrected chi connectivity index (χ2v) is 8.25. The maximum Gasteiger partial charge on any atom is 0.343 e. The summed E-state index contributed by atoms with van der Waals surface area (Å²) in [7, 11) is 0. The van der Waals surface area contributed by atoms with Gasteiger partial charge in [0.05, 0.1) is 12.2 Å². The van der Waals surface area contributed by atoms with Crippen LogP contribution in [0.1, 0.15) is 56.2 Å². The van der Waals surface area contributed by atoms with Crippen molar-refractivity contribution in [2.45, 2.75) is 66.3 Å². The van der Waals surface area contributed by atoms with Crippen molar-refractivity contribution in [3.05, 3.63) is 51.3 Å². The molecule has 2 aromatic rings. The molecule has 0 aliphatic heterocycles. The molecular weight excluding hydrogens is 413 g/mol. The molecule has 6 nitrogen and oxygen atoms in total. The molecule has 1 heterocycles. The van der Waals surface area contributed by atoms with Crippen molar-refractivity contribution in [1.82, 2.24) is 14.7 Å². The predicted molar refractivity (Wildman–Crippen MR) is 115 cm³/mol. The Morgan fingerprint density at radius 2 is 1.69 bits per heavy atom. The summed E-state index contributed by atoms with van der Waals surface area (Å²) in [6.07, 6.45) is -0.935. The summed E-state index contributed by atoms with van der Waals surface area (Å²) in [5.74, 6) is -0.924. The Balaban J connectivity index is 2.20. The van der Waals surface area contributed by atoms with Crippen LogP contribution in [0.15, 0.2) is 24.3 Å². The number of esters is 1. The average molecular weight is 440 g/mol. The zero-order valence-electron chi connectivity index (χ0n) is 17.6. The number of amides is 1. The van der Waals surface area contributed by atoms with E-state index in [-0.39, 0.29) is 28.7 Å². The van der Waals surface area contributed by atoms with Gasteiger partial charge in [0.25, 0.3) is 5.91 Å². The van der Waals surface area contributed by atoms with Gasteiger partial charge in [0, 0.05) is 17.1 Å². The summed E-state index contributed by atoms with van der Waals surface area (Å²) in [6.45, 7) is 11.2. The van der Waals surface area contributed by atoms with Crippen LogP contribution in [-0.4, -0.2) is 44.7 Å². The van der Waals surface area contributed by atoms with Gasteiger partial charge in [-0.15, -0.1) is 0 Å². The number of rotatable bonds is 7. The molecule has 0 aliphatic carbocycles. The lowest BCUT2D eigenvalue weighted by molar-refractivity contribution is -0.143. The van der Waals surface area contributed by atoms with Gasteiger partial charge in [0.15, 0.2) is 6.10 Å². The number of aromatic nitrogens is 2. The molecule has 1 amide bonds. The van der Waals surface area contributed by atoms with Crippen LogP contribution in [0, 0.1) is 6.92 Å². The summed E-state index contributed by atoms with van der Waals surface area (Å²) in [5, 5.41) is 5.08. The van der Waals surface area contributed by atoms with E-state index in [9.17, 15) is 9.59 Å². The third kappa shape index (κ3) is 5.31. The molecule has 158 valence electrons. The first-order chi connectivity index (χ1) is 13.5. The molecule has 0 bridgehead atoms. The zero-order chi connectivity index (χ0) is 21.9. The highest BCUT2D eigenvalue weighted by Crippen LogP contribution is 2.24. The second kappa shape index (κ2) is 9.63. The first kappa shape index (κ1) is 23.2. The lowest BCUT2D eigenvalue weighted by atomic mass is 10.2. The maximum atomic E-state index is 12.7. The van der Waals surface area contributed by atoms with Gasteiger partial charge in [-0.25, -0.2) is 9.48 Å². The monoisotopic (exact) mass is 439 g/mol. The number of halogens is 2. The molecule has 29 heavy (non-hydrogen) atoms. The molecule has 0 fully saturated rings. The summed E-state index contributed by atoms with van der Waals surface area (Å²) in [4.78, 5) is 27.2. The summed E-state index contributed by atoms with van der Waals surface area (Å²) < 4.78 is 6.93. The van der Waals surface area contributed by atoms with Crippen molar-refractivity contribution in [3.8, 4) is 0 Å². The quantitative estimate of drug-likeness (QED) is 0.584. The van der Waals surface area contributed by atoms with E-state index in [1.54, 1.807) is 24.8 Å². The smallest absolute Gasteiger partial charge is 0.343 e. The summed E-state index contributed by atoms with van der Waals surface area (Å²) in [5.41, 5.74) is 1.40. The maximum absolute atomic E-state index is 12.7. The number of hydrogen-bond donors (Lipinski definition) is 0. The van der Waals surface area contributed by atoms with Gasteiger partial charge in [-0.3, -0.25) is 4.79 Å². The highest BCUT2D eigenvalue weighted by molar-refractivity contribution is 6.33. The summed E-state index contributed by atoms with van der Waals surface area (Å²) >= 11 is 12.6. The molecule has 0 saturated heterocycles. The second-order valence-electron chi connectivity index (χ2n) is 7.48. The van der Waals surface area contributed by atoms with Crippen LogP contribution >= 0.6 is 23.2 Å². The number of ether oxygens (including phenoxy) is 1. The highest BCUT2D eigenvalue weighted by atomic mass is 35.5. The van der Waals surface area contributed by atoms with Gasteiger partial charge in [-0.05, 0) is 53.2 Å². The third-order valence-corrected chi connectivity index (χ3v) is 5.30. The number of aryl methyl sites for hydroxylation is 1. The van der Waals surface area contributed by atoms with Crippen molar-refractivity contribution in [2.75, 3.05) is 0 Å². The van der Waals surface area contributed by atoms with E-state index >= 15 is 0 Å². The molecule has 1 aromatic heterocycles. The van der Waals surface area contributed by atoms with Crippen LogP contribution in [0.5, 0.6) is 0 Å². The molecule has 0 spiro atoms. The standard InChI is InChI=1S/C21H27Cl2N3O3/c1-12(2)26(13(3)4)20(27)15(6)29-21(28)18-14(5)24-25(19(18)23)11-16-9-7-8-10-17(16)22/h7-10,12-13,15H,11H2,1-6H3. The Bertz CT molecular complexity index is 885. The molecule has 1 aromatic carbocycles. The van der Waals surface area contributed by atoms with Gasteiger partial charge in [0.2, 0.25) is 0 Å². The van der Waals surface area contributed by atoms with E-state index in [1.807, 2.05) is 45.9 Å². The normalized spacial score (nSPS) is 12.3. The van der Waals surface area contributed by atoms with Gasteiger partial charge < -0.3 is 9.64 Å². The van der Waals surface area contributed by atoms with Gasteiger partial charge in [0.1, 0.15) is 10.7 Å². The molecule has 0 radical (unpaired) electrons. The molecular formula is C21H27Cl2N3O3. The SMILES string of the molecule is Cc1nn(Cc2ccccc2Cl)c(Cl)c1C(=O)OC(C)C(=O)N(C(C)C)C(C)C. The molecule has 1 atom stereocenters. The van der Waals surface area contributed by atoms with Gasteiger partial charge >= 0.3 is 5.97 Å². The van der Waals surface area contributed by atoms with Crippen molar-refractivity contribution in [2.24, 2.45) is 0 Å². The van der Waals surface area contributed by atoms with Crippen LogP contribution in [-0.2, 0) is 16.1 Å². The number of carbonyl (C=O) groups excluding carboxylic acids is 2. The van der Waals surface area contributed by atoms with Crippen molar-refractivity contribution < 1.29 is 14.3 Å². The molecule has 8 heteroatoms. The van der Waals surface area contributed by atoms with Crippen molar-refractivity contribution in [3.63, 3.8) is 0 Å². The Morgan fingerprint density at radius 1 is 1.10 bits per heavy atom. The van der Waals surface area contributed by atoms with E-state index in [1.165, 1.54) is 4.68 Å².